The van der Waals surface area contributed by atoms with Gasteiger partial charge in [0.2, 0.25) is 5.43 Å². The minimum Gasteiger partial charge on any atom is -0.449 e. The highest BCUT2D eigenvalue weighted by atomic mass is 35.5. The molecule has 1 aliphatic carbocycles. The predicted octanol–water partition coefficient (Wildman–Crippen LogP) is 3.19. The molecular weight excluding hydrogens is 289 g/mol. The monoisotopic (exact) mass is 297 g/mol. The van der Waals surface area contributed by atoms with Gasteiger partial charge in [0, 0.05) is 6.04 Å². The van der Waals surface area contributed by atoms with Gasteiger partial charge in [0.25, 0.3) is 0 Å². The Hall–Kier alpha value is -2.08. The minimum atomic E-state index is -1.58. The first-order chi connectivity index (χ1) is 9.47. The molecule has 0 bridgehead atoms. The maximum atomic E-state index is 13.5. The average Bonchev–Trinajstić information content (AvgIpc) is 3.19. The maximum absolute atomic E-state index is 13.5. The third kappa shape index (κ3) is 2.12. The van der Waals surface area contributed by atoms with Crippen LogP contribution in [0.4, 0.5) is 9.18 Å². The van der Waals surface area contributed by atoms with Crippen LogP contribution in [-0.4, -0.2) is 15.8 Å². The highest BCUT2D eigenvalue weighted by Crippen LogP contribution is 2.38. The molecule has 1 fully saturated rings. The lowest BCUT2D eigenvalue weighted by atomic mass is 10.2. The Kier molecular flexibility index (Phi) is 2.90. The molecule has 1 aromatic carbocycles. The van der Waals surface area contributed by atoms with E-state index in [1.54, 1.807) is 4.57 Å². The molecule has 20 heavy (non-hydrogen) atoms. The van der Waals surface area contributed by atoms with Crippen molar-refractivity contribution in [1.82, 2.24) is 4.57 Å². The first kappa shape index (κ1) is 12.9. The van der Waals surface area contributed by atoms with E-state index in [1.807, 2.05) is 0 Å². The largest absolute Gasteiger partial charge is 0.511 e. The molecular formula is C13H9ClFNO4. The molecule has 0 atom stereocenters. The molecule has 5 nitrogen and oxygen atoms in total. The van der Waals surface area contributed by atoms with Crippen LogP contribution in [0.1, 0.15) is 18.9 Å². The molecule has 1 aromatic heterocycles. The topological polar surface area (TPSA) is 68.5 Å². The third-order valence-corrected chi connectivity index (χ3v) is 3.47. The SMILES string of the molecule is O=C(O)Oc1cn(C2CC2)c2cc(Cl)c(F)cc2c1=O. The zero-order chi connectivity index (χ0) is 14.4. The molecule has 0 spiro atoms. The van der Waals surface area contributed by atoms with E-state index in [0.29, 0.717) is 5.52 Å². The van der Waals surface area contributed by atoms with Gasteiger partial charge in [0.15, 0.2) is 5.75 Å². The first-order valence-electron chi connectivity index (χ1n) is 5.92. The summed E-state index contributed by atoms with van der Waals surface area (Å²) in [6.07, 6.45) is 1.56. The molecule has 0 unspecified atom stereocenters. The molecule has 0 aliphatic heterocycles. The summed E-state index contributed by atoms with van der Waals surface area (Å²) in [6, 6.07) is 2.53. The number of nitrogens with zero attached hydrogens (tertiary/aromatic N) is 1. The smallest absolute Gasteiger partial charge is 0.449 e. The summed E-state index contributed by atoms with van der Waals surface area (Å²) in [6.45, 7) is 0. The molecule has 0 amide bonds. The van der Waals surface area contributed by atoms with Crippen molar-refractivity contribution in [1.29, 1.82) is 0 Å². The van der Waals surface area contributed by atoms with Crippen molar-refractivity contribution >= 4 is 28.7 Å². The Bertz CT molecular complexity index is 782. The number of halogens is 2. The van der Waals surface area contributed by atoms with Crippen LogP contribution in [0.5, 0.6) is 5.75 Å². The summed E-state index contributed by atoms with van der Waals surface area (Å²) < 4.78 is 19.7. The lowest BCUT2D eigenvalue weighted by Gasteiger charge is -2.12. The van der Waals surface area contributed by atoms with Crippen molar-refractivity contribution in [2.45, 2.75) is 18.9 Å². The number of carbonyl (C=O) groups is 1. The first-order valence-corrected chi connectivity index (χ1v) is 6.30. The fraction of sp³-hybridized carbons (Fsp3) is 0.231. The van der Waals surface area contributed by atoms with Crippen molar-refractivity contribution in [2.75, 3.05) is 0 Å². The molecule has 0 saturated heterocycles. The van der Waals surface area contributed by atoms with Gasteiger partial charge in [-0.2, -0.15) is 0 Å². The minimum absolute atomic E-state index is 0.0533. The van der Waals surface area contributed by atoms with Gasteiger partial charge in [-0.25, -0.2) is 9.18 Å². The van der Waals surface area contributed by atoms with E-state index in [1.165, 1.54) is 12.3 Å². The van der Waals surface area contributed by atoms with E-state index in [4.69, 9.17) is 16.7 Å². The van der Waals surface area contributed by atoms with Gasteiger partial charge in [-0.1, -0.05) is 11.6 Å². The molecule has 7 heteroatoms. The Morgan fingerprint density at radius 1 is 1.45 bits per heavy atom. The van der Waals surface area contributed by atoms with Gasteiger partial charge >= 0.3 is 6.16 Å². The second-order valence-corrected chi connectivity index (χ2v) is 5.02. The number of aromatic nitrogens is 1. The van der Waals surface area contributed by atoms with Crippen LogP contribution in [0.3, 0.4) is 0 Å². The Morgan fingerprint density at radius 2 is 2.15 bits per heavy atom. The van der Waals surface area contributed by atoms with Crippen LogP contribution >= 0.6 is 11.6 Å². The quantitative estimate of drug-likeness (QED) is 0.864. The highest BCUT2D eigenvalue weighted by molar-refractivity contribution is 6.31. The maximum Gasteiger partial charge on any atom is 0.511 e. The zero-order valence-electron chi connectivity index (χ0n) is 10.1. The Morgan fingerprint density at radius 3 is 2.75 bits per heavy atom. The van der Waals surface area contributed by atoms with Gasteiger partial charge in [-0.15, -0.1) is 0 Å². The van der Waals surface area contributed by atoms with E-state index in [2.05, 4.69) is 4.74 Å². The van der Waals surface area contributed by atoms with E-state index in [-0.39, 0.29) is 22.2 Å². The summed E-state index contributed by atoms with van der Waals surface area (Å²) in [5, 5.41) is 8.61. The van der Waals surface area contributed by atoms with E-state index < -0.39 is 17.4 Å². The standard InChI is InChI=1S/C13H9ClFNO4/c14-8-4-10-7(3-9(8)15)12(17)11(20-13(18)19)5-16(10)6-1-2-6/h3-6H,1-2H2,(H,18,19). The zero-order valence-corrected chi connectivity index (χ0v) is 10.9. The van der Waals surface area contributed by atoms with Gasteiger partial charge in [0.05, 0.1) is 22.1 Å². The number of fused-ring (bicyclic) bond motifs is 1. The highest BCUT2D eigenvalue weighted by Gasteiger charge is 2.26. The Labute approximate surface area is 117 Å². The predicted molar refractivity (Wildman–Crippen MR) is 70.1 cm³/mol. The second-order valence-electron chi connectivity index (χ2n) is 4.61. The number of benzene rings is 1. The summed E-state index contributed by atoms with van der Waals surface area (Å²) in [5.41, 5.74) is -0.198. The molecule has 104 valence electrons. The third-order valence-electron chi connectivity index (χ3n) is 3.18. The van der Waals surface area contributed by atoms with Gasteiger partial charge in [0.1, 0.15) is 5.82 Å². The van der Waals surface area contributed by atoms with Gasteiger partial charge in [-0.3, -0.25) is 4.79 Å². The summed E-state index contributed by atoms with van der Waals surface area (Å²) in [5.74, 6) is -1.07. The summed E-state index contributed by atoms with van der Waals surface area (Å²) in [7, 11) is 0. The van der Waals surface area contributed by atoms with Crippen LogP contribution in [0.25, 0.3) is 10.9 Å². The van der Waals surface area contributed by atoms with Crippen LogP contribution < -0.4 is 10.2 Å². The number of carboxylic acid groups (broad SMARTS) is 1. The molecule has 1 heterocycles. The van der Waals surface area contributed by atoms with E-state index in [0.717, 1.165) is 18.9 Å². The number of ether oxygens (including phenoxy) is 1. The summed E-state index contributed by atoms with van der Waals surface area (Å²) in [4.78, 5) is 22.7. The lowest BCUT2D eigenvalue weighted by molar-refractivity contribution is 0.143. The molecule has 1 N–H and O–H groups in total. The van der Waals surface area contributed by atoms with E-state index >= 15 is 0 Å². The normalized spacial score (nSPS) is 14.5. The van der Waals surface area contributed by atoms with Crippen molar-refractivity contribution in [3.05, 3.63) is 39.4 Å². The van der Waals surface area contributed by atoms with Crippen LogP contribution in [-0.2, 0) is 0 Å². The van der Waals surface area contributed by atoms with Crippen molar-refractivity contribution < 1.29 is 19.0 Å². The number of hydrogen-bond acceptors (Lipinski definition) is 3. The molecule has 1 saturated carbocycles. The van der Waals surface area contributed by atoms with Crippen molar-refractivity contribution in [3.63, 3.8) is 0 Å². The fourth-order valence-electron chi connectivity index (χ4n) is 2.14. The van der Waals surface area contributed by atoms with Crippen molar-refractivity contribution in [2.24, 2.45) is 0 Å². The van der Waals surface area contributed by atoms with E-state index in [9.17, 15) is 14.0 Å². The average molecular weight is 298 g/mol. The molecule has 1 aliphatic rings. The van der Waals surface area contributed by atoms with Gasteiger partial charge in [-0.05, 0) is 25.0 Å². The second kappa shape index (κ2) is 4.49. The number of rotatable bonds is 2. The van der Waals surface area contributed by atoms with Crippen LogP contribution in [0, 0.1) is 5.82 Å². The fourth-order valence-corrected chi connectivity index (χ4v) is 2.30. The molecule has 2 aromatic rings. The van der Waals surface area contributed by atoms with Crippen LogP contribution in [0.2, 0.25) is 5.02 Å². The summed E-state index contributed by atoms with van der Waals surface area (Å²) >= 11 is 5.75. The van der Waals surface area contributed by atoms with Gasteiger partial charge < -0.3 is 14.4 Å². The molecule has 3 rings (SSSR count). The molecule has 0 radical (unpaired) electrons. The van der Waals surface area contributed by atoms with Crippen molar-refractivity contribution in [3.8, 4) is 5.75 Å². The lowest BCUT2D eigenvalue weighted by Crippen LogP contribution is -2.16. The number of hydrogen-bond donors (Lipinski definition) is 1. The Balaban J connectivity index is 2.33. The number of pyridine rings is 1. The van der Waals surface area contributed by atoms with Crippen LogP contribution in [0.15, 0.2) is 23.1 Å².